The van der Waals surface area contributed by atoms with Crippen molar-refractivity contribution in [2.45, 2.75) is 0 Å². The number of hydrogen-bond acceptors (Lipinski definition) is 2. The minimum Gasteiger partial charge on any atom is -0.308 e. The van der Waals surface area contributed by atoms with Crippen LogP contribution < -0.4 is 10.6 Å². The predicted octanol–water partition coefficient (Wildman–Crippen LogP) is 2.05. The maximum absolute atomic E-state index is 11.4. The van der Waals surface area contributed by atoms with Crippen molar-refractivity contribution in [3.63, 3.8) is 0 Å². The van der Waals surface area contributed by atoms with E-state index >= 15 is 0 Å². The molecule has 2 amide bonds. The summed E-state index contributed by atoms with van der Waals surface area (Å²) >= 11 is 0. The highest BCUT2D eigenvalue weighted by Crippen LogP contribution is 2.06. The van der Waals surface area contributed by atoms with Gasteiger partial charge in [-0.2, -0.15) is 5.10 Å². The minimum atomic E-state index is -0.312. The monoisotopic (exact) mass is 202 g/mol. The van der Waals surface area contributed by atoms with Crippen LogP contribution >= 0.6 is 0 Å². The molecular formula is C10H10N4O. The topological polar surface area (TPSA) is 69.8 Å². The first-order valence-corrected chi connectivity index (χ1v) is 4.47. The van der Waals surface area contributed by atoms with E-state index < -0.39 is 0 Å². The Bertz CT molecular complexity index is 424. The number of carbonyl (C=O) groups is 1. The van der Waals surface area contributed by atoms with Crippen LogP contribution in [0, 0.1) is 0 Å². The molecule has 0 aliphatic carbocycles. The van der Waals surface area contributed by atoms with Gasteiger partial charge in [0.1, 0.15) is 0 Å². The minimum absolute atomic E-state index is 0.312. The number of nitrogens with zero attached hydrogens (tertiary/aromatic N) is 1. The average Bonchev–Trinajstić information content (AvgIpc) is 2.71. The van der Waals surface area contributed by atoms with E-state index in [1.54, 1.807) is 12.3 Å². The summed E-state index contributed by atoms with van der Waals surface area (Å²) in [6, 6.07) is 10.6. The third kappa shape index (κ3) is 2.57. The van der Waals surface area contributed by atoms with Gasteiger partial charge in [-0.3, -0.25) is 10.4 Å². The molecule has 76 valence electrons. The van der Waals surface area contributed by atoms with Crippen LogP contribution in [-0.2, 0) is 0 Å². The van der Waals surface area contributed by atoms with Gasteiger partial charge < -0.3 is 5.32 Å². The van der Waals surface area contributed by atoms with E-state index in [9.17, 15) is 4.79 Å². The summed E-state index contributed by atoms with van der Waals surface area (Å²) in [6.45, 7) is 0. The number of H-pyrrole nitrogens is 1. The Balaban J connectivity index is 1.94. The summed E-state index contributed by atoms with van der Waals surface area (Å²) < 4.78 is 0. The number of carbonyl (C=O) groups excluding carboxylic acids is 1. The van der Waals surface area contributed by atoms with Gasteiger partial charge in [0.2, 0.25) is 0 Å². The molecule has 0 saturated heterocycles. The van der Waals surface area contributed by atoms with E-state index in [1.165, 1.54) is 0 Å². The number of benzene rings is 1. The van der Waals surface area contributed by atoms with E-state index in [0.717, 1.165) is 5.69 Å². The molecule has 0 radical (unpaired) electrons. The van der Waals surface area contributed by atoms with Crippen LogP contribution in [-0.4, -0.2) is 16.2 Å². The molecule has 0 aliphatic rings. The highest BCUT2D eigenvalue weighted by Gasteiger charge is 2.02. The molecule has 1 aromatic heterocycles. The van der Waals surface area contributed by atoms with Crippen molar-refractivity contribution in [1.29, 1.82) is 0 Å². The number of rotatable bonds is 2. The third-order valence-corrected chi connectivity index (χ3v) is 1.77. The Morgan fingerprint density at radius 3 is 2.60 bits per heavy atom. The zero-order chi connectivity index (χ0) is 10.5. The summed E-state index contributed by atoms with van der Waals surface area (Å²) in [7, 11) is 0. The molecule has 5 nitrogen and oxygen atoms in total. The molecule has 0 spiro atoms. The molecule has 0 bridgehead atoms. The molecule has 0 unspecified atom stereocenters. The Kier molecular flexibility index (Phi) is 2.64. The zero-order valence-electron chi connectivity index (χ0n) is 7.90. The van der Waals surface area contributed by atoms with E-state index in [1.807, 2.05) is 30.3 Å². The Morgan fingerprint density at radius 1 is 1.13 bits per heavy atom. The third-order valence-electron chi connectivity index (χ3n) is 1.77. The van der Waals surface area contributed by atoms with Crippen molar-refractivity contribution in [2.24, 2.45) is 0 Å². The van der Waals surface area contributed by atoms with Gasteiger partial charge >= 0.3 is 6.03 Å². The van der Waals surface area contributed by atoms with Crippen molar-refractivity contribution in [3.05, 3.63) is 42.6 Å². The van der Waals surface area contributed by atoms with Crippen LogP contribution in [0.2, 0.25) is 0 Å². The predicted molar refractivity (Wildman–Crippen MR) is 57.7 cm³/mol. The summed E-state index contributed by atoms with van der Waals surface area (Å²) in [5.41, 5.74) is 0.741. The zero-order valence-corrected chi connectivity index (χ0v) is 7.90. The van der Waals surface area contributed by atoms with Gasteiger partial charge in [0.25, 0.3) is 0 Å². The Labute approximate surface area is 86.5 Å². The van der Waals surface area contributed by atoms with E-state index in [4.69, 9.17) is 0 Å². The lowest BCUT2D eigenvalue weighted by Gasteiger charge is -2.04. The highest BCUT2D eigenvalue weighted by atomic mass is 16.2. The van der Waals surface area contributed by atoms with Gasteiger partial charge in [-0.15, -0.1) is 0 Å². The summed E-state index contributed by atoms with van der Waals surface area (Å²) in [5.74, 6) is 0.489. The van der Waals surface area contributed by atoms with Crippen LogP contribution in [0.3, 0.4) is 0 Å². The van der Waals surface area contributed by atoms with Gasteiger partial charge in [0.15, 0.2) is 5.82 Å². The maximum atomic E-state index is 11.4. The molecule has 0 aliphatic heterocycles. The first kappa shape index (κ1) is 9.26. The van der Waals surface area contributed by atoms with Crippen LogP contribution in [0.4, 0.5) is 16.3 Å². The fraction of sp³-hybridized carbons (Fsp3) is 0. The first-order chi connectivity index (χ1) is 7.34. The van der Waals surface area contributed by atoms with Crippen LogP contribution in [0.25, 0.3) is 0 Å². The molecule has 2 rings (SSSR count). The molecule has 2 aromatic rings. The second-order valence-electron chi connectivity index (χ2n) is 2.90. The maximum Gasteiger partial charge on any atom is 0.324 e. The van der Waals surface area contributed by atoms with Crippen molar-refractivity contribution < 1.29 is 4.79 Å². The van der Waals surface area contributed by atoms with Crippen LogP contribution in [0.15, 0.2) is 42.6 Å². The molecule has 5 heteroatoms. The van der Waals surface area contributed by atoms with Crippen LogP contribution in [0.5, 0.6) is 0 Å². The molecule has 0 fully saturated rings. The lowest BCUT2D eigenvalue weighted by atomic mass is 10.3. The van der Waals surface area contributed by atoms with E-state index in [2.05, 4.69) is 20.8 Å². The summed E-state index contributed by atoms with van der Waals surface area (Å²) in [5, 5.41) is 11.7. The summed E-state index contributed by atoms with van der Waals surface area (Å²) in [4.78, 5) is 11.4. The fourth-order valence-electron chi connectivity index (χ4n) is 1.13. The average molecular weight is 202 g/mol. The standard InChI is InChI=1S/C10H10N4O/c15-10(13-9-6-7-11-14-9)12-8-4-2-1-3-5-8/h1-7H,(H3,11,12,13,14,15). The molecule has 1 heterocycles. The molecular weight excluding hydrogens is 192 g/mol. The number of anilines is 2. The van der Waals surface area contributed by atoms with E-state index in [0.29, 0.717) is 5.82 Å². The Morgan fingerprint density at radius 2 is 1.93 bits per heavy atom. The first-order valence-electron chi connectivity index (χ1n) is 4.47. The summed E-state index contributed by atoms with van der Waals surface area (Å²) in [6.07, 6.45) is 1.64. The number of nitrogens with one attached hydrogen (secondary N) is 3. The van der Waals surface area contributed by atoms with Crippen molar-refractivity contribution >= 4 is 17.5 Å². The molecule has 3 N–H and O–H groups in total. The van der Waals surface area contributed by atoms with E-state index in [-0.39, 0.29) is 6.03 Å². The highest BCUT2D eigenvalue weighted by molar-refractivity contribution is 5.99. The van der Waals surface area contributed by atoms with Gasteiger partial charge in [-0.25, -0.2) is 4.79 Å². The molecule has 1 aromatic carbocycles. The lowest BCUT2D eigenvalue weighted by Crippen LogP contribution is -2.19. The molecule has 0 saturated carbocycles. The lowest BCUT2D eigenvalue weighted by molar-refractivity contribution is 0.262. The number of para-hydroxylation sites is 1. The van der Waals surface area contributed by atoms with Gasteiger partial charge in [-0.1, -0.05) is 18.2 Å². The van der Waals surface area contributed by atoms with Gasteiger partial charge in [0, 0.05) is 18.0 Å². The van der Waals surface area contributed by atoms with Gasteiger partial charge in [0.05, 0.1) is 0 Å². The number of hydrogen-bond donors (Lipinski definition) is 3. The number of amides is 2. The van der Waals surface area contributed by atoms with Crippen molar-refractivity contribution in [3.8, 4) is 0 Å². The largest absolute Gasteiger partial charge is 0.324 e. The SMILES string of the molecule is O=C(Nc1ccccc1)Nc1cc[nH]n1. The van der Waals surface area contributed by atoms with Crippen LogP contribution in [0.1, 0.15) is 0 Å². The number of aromatic amines is 1. The number of urea groups is 1. The molecule has 15 heavy (non-hydrogen) atoms. The Hall–Kier alpha value is -2.30. The second kappa shape index (κ2) is 4.28. The normalized spacial score (nSPS) is 9.60. The number of aromatic nitrogens is 2. The van der Waals surface area contributed by atoms with Gasteiger partial charge in [-0.05, 0) is 12.1 Å². The smallest absolute Gasteiger partial charge is 0.308 e. The van der Waals surface area contributed by atoms with Crippen molar-refractivity contribution in [1.82, 2.24) is 10.2 Å². The second-order valence-corrected chi connectivity index (χ2v) is 2.90. The quantitative estimate of drug-likeness (QED) is 0.697. The van der Waals surface area contributed by atoms with Crippen molar-refractivity contribution in [2.75, 3.05) is 10.6 Å². The molecule has 0 atom stereocenters. The fourth-order valence-corrected chi connectivity index (χ4v) is 1.13.